The minimum absolute atomic E-state index is 0. The molecule has 2 N–H and O–H groups in total. The molecule has 1 fully saturated rings. The maximum absolute atomic E-state index is 12.5. The SMILES string of the molecule is Cc1ccc(CCNC(=O)C2(S(C)(=O)=O)CCNCC2)cc1.Cl. The molecule has 0 radical (unpaired) electrons. The largest absolute Gasteiger partial charge is 0.354 e. The summed E-state index contributed by atoms with van der Waals surface area (Å²) >= 11 is 0. The highest BCUT2D eigenvalue weighted by Gasteiger charge is 2.48. The lowest BCUT2D eigenvalue weighted by atomic mass is 9.95. The van der Waals surface area contributed by atoms with Gasteiger partial charge in [-0.25, -0.2) is 8.42 Å². The third kappa shape index (κ3) is 4.68. The van der Waals surface area contributed by atoms with Crippen LogP contribution in [-0.4, -0.2) is 45.0 Å². The lowest BCUT2D eigenvalue weighted by Crippen LogP contribution is -2.57. The molecule has 2 rings (SSSR count). The predicted molar refractivity (Wildman–Crippen MR) is 94.8 cm³/mol. The molecule has 1 aliphatic rings. The summed E-state index contributed by atoms with van der Waals surface area (Å²) in [5.41, 5.74) is 2.32. The second-order valence-electron chi connectivity index (χ2n) is 6.01. The maximum atomic E-state index is 12.5. The number of amides is 1. The van der Waals surface area contributed by atoms with E-state index in [0.717, 1.165) is 11.8 Å². The highest BCUT2D eigenvalue weighted by molar-refractivity contribution is 7.92. The van der Waals surface area contributed by atoms with Crippen LogP contribution in [0.4, 0.5) is 0 Å². The summed E-state index contributed by atoms with van der Waals surface area (Å²) in [5.74, 6) is -0.358. The Labute approximate surface area is 144 Å². The van der Waals surface area contributed by atoms with Gasteiger partial charge in [0.1, 0.15) is 0 Å². The standard InChI is InChI=1S/C16H24N2O3S.ClH/c1-13-3-5-14(6-4-13)7-10-18-15(19)16(22(2,20)21)8-11-17-12-9-16;/h3-6,17H,7-12H2,1-2H3,(H,18,19);1H. The quantitative estimate of drug-likeness (QED) is 0.828. The maximum Gasteiger partial charge on any atom is 0.241 e. The van der Waals surface area contributed by atoms with Gasteiger partial charge in [0.2, 0.25) is 5.91 Å². The van der Waals surface area contributed by atoms with E-state index in [1.165, 1.54) is 5.56 Å². The summed E-state index contributed by atoms with van der Waals surface area (Å²) in [6.45, 7) is 3.59. The number of benzene rings is 1. The van der Waals surface area contributed by atoms with Crippen LogP contribution in [0.15, 0.2) is 24.3 Å². The lowest BCUT2D eigenvalue weighted by molar-refractivity contribution is -0.124. The van der Waals surface area contributed by atoms with Gasteiger partial charge < -0.3 is 10.6 Å². The predicted octanol–water partition coefficient (Wildman–Crippen LogP) is 1.24. The number of halogens is 1. The molecule has 7 heteroatoms. The number of piperidine rings is 1. The van der Waals surface area contributed by atoms with Crippen LogP contribution >= 0.6 is 12.4 Å². The van der Waals surface area contributed by atoms with Gasteiger partial charge in [-0.1, -0.05) is 29.8 Å². The normalized spacial score (nSPS) is 17.1. The number of hydrogen-bond donors (Lipinski definition) is 2. The van der Waals surface area contributed by atoms with Crippen molar-refractivity contribution in [2.24, 2.45) is 0 Å². The van der Waals surface area contributed by atoms with Crippen molar-refractivity contribution in [1.29, 1.82) is 0 Å². The van der Waals surface area contributed by atoms with Crippen molar-refractivity contribution in [3.8, 4) is 0 Å². The molecule has 0 saturated carbocycles. The van der Waals surface area contributed by atoms with E-state index >= 15 is 0 Å². The zero-order valence-electron chi connectivity index (χ0n) is 13.6. The Kier molecular flexibility index (Phi) is 7.04. The lowest BCUT2D eigenvalue weighted by Gasteiger charge is -2.34. The molecule has 0 spiro atoms. The van der Waals surface area contributed by atoms with Crippen molar-refractivity contribution in [1.82, 2.24) is 10.6 Å². The van der Waals surface area contributed by atoms with Crippen molar-refractivity contribution in [3.63, 3.8) is 0 Å². The van der Waals surface area contributed by atoms with E-state index < -0.39 is 14.6 Å². The van der Waals surface area contributed by atoms with Crippen LogP contribution in [0.5, 0.6) is 0 Å². The van der Waals surface area contributed by atoms with Gasteiger partial charge in [-0.3, -0.25) is 4.79 Å². The third-order valence-corrected chi connectivity index (χ3v) is 6.37. The molecule has 0 aromatic heterocycles. The molecule has 1 aromatic carbocycles. The smallest absolute Gasteiger partial charge is 0.241 e. The Morgan fingerprint density at radius 1 is 1.22 bits per heavy atom. The van der Waals surface area contributed by atoms with Crippen LogP contribution in [0, 0.1) is 6.92 Å². The molecule has 23 heavy (non-hydrogen) atoms. The molecular formula is C16H25ClN2O3S. The first-order chi connectivity index (χ1) is 10.3. The van der Waals surface area contributed by atoms with Crippen LogP contribution in [-0.2, 0) is 21.1 Å². The highest BCUT2D eigenvalue weighted by Crippen LogP contribution is 2.27. The van der Waals surface area contributed by atoms with E-state index in [1.807, 2.05) is 31.2 Å². The third-order valence-electron chi connectivity index (χ3n) is 4.35. The van der Waals surface area contributed by atoms with Gasteiger partial charge in [0.15, 0.2) is 14.6 Å². The fourth-order valence-corrected chi connectivity index (χ4v) is 4.19. The molecule has 0 aliphatic carbocycles. The van der Waals surface area contributed by atoms with Crippen LogP contribution in [0.2, 0.25) is 0 Å². The minimum Gasteiger partial charge on any atom is -0.354 e. The monoisotopic (exact) mass is 360 g/mol. The minimum atomic E-state index is -3.44. The number of aryl methyl sites for hydroxylation is 1. The Bertz CT molecular complexity index is 623. The molecular weight excluding hydrogens is 336 g/mol. The van der Waals surface area contributed by atoms with E-state index in [1.54, 1.807) is 0 Å². The van der Waals surface area contributed by atoms with E-state index in [9.17, 15) is 13.2 Å². The number of hydrogen-bond acceptors (Lipinski definition) is 4. The number of rotatable bonds is 5. The number of nitrogens with one attached hydrogen (secondary N) is 2. The molecule has 5 nitrogen and oxygen atoms in total. The van der Waals surface area contributed by atoms with Crippen molar-refractivity contribution in [2.75, 3.05) is 25.9 Å². The first-order valence-electron chi connectivity index (χ1n) is 7.59. The van der Waals surface area contributed by atoms with Gasteiger partial charge in [0, 0.05) is 12.8 Å². The first kappa shape index (κ1) is 19.9. The van der Waals surface area contributed by atoms with Gasteiger partial charge in [-0.15, -0.1) is 12.4 Å². The molecule has 1 aliphatic heterocycles. The van der Waals surface area contributed by atoms with Crippen LogP contribution < -0.4 is 10.6 Å². The van der Waals surface area contributed by atoms with Gasteiger partial charge in [0.05, 0.1) is 0 Å². The topological polar surface area (TPSA) is 75.3 Å². The Balaban J connectivity index is 0.00000264. The molecule has 1 heterocycles. The van der Waals surface area contributed by atoms with E-state index in [0.29, 0.717) is 38.9 Å². The van der Waals surface area contributed by atoms with Gasteiger partial charge >= 0.3 is 0 Å². The number of sulfone groups is 1. The summed E-state index contributed by atoms with van der Waals surface area (Å²) in [4.78, 5) is 12.5. The van der Waals surface area contributed by atoms with E-state index in [2.05, 4.69) is 10.6 Å². The van der Waals surface area contributed by atoms with Gasteiger partial charge in [-0.2, -0.15) is 0 Å². The summed E-state index contributed by atoms with van der Waals surface area (Å²) in [7, 11) is -3.44. The average molecular weight is 361 g/mol. The molecule has 0 unspecified atom stereocenters. The summed E-state index contributed by atoms with van der Waals surface area (Å²) in [5, 5.41) is 5.93. The highest BCUT2D eigenvalue weighted by atomic mass is 35.5. The summed E-state index contributed by atoms with van der Waals surface area (Å²) in [6, 6.07) is 8.11. The second-order valence-corrected chi connectivity index (χ2v) is 8.33. The zero-order chi connectivity index (χ0) is 16.2. The Morgan fingerprint density at radius 3 is 2.30 bits per heavy atom. The molecule has 1 aromatic rings. The summed E-state index contributed by atoms with van der Waals surface area (Å²) < 4.78 is 23.0. The Hall–Kier alpha value is -1.11. The van der Waals surface area contributed by atoms with E-state index in [4.69, 9.17) is 0 Å². The fraction of sp³-hybridized carbons (Fsp3) is 0.562. The Morgan fingerprint density at radius 2 is 1.78 bits per heavy atom. The van der Waals surface area contributed by atoms with Gasteiger partial charge in [-0.05, 0) is 44.8 Å². The van der Waals surface area contributed by atoms with E-state index in [-0.39, 0.29) is 18.3 Å². The fourth-order valence-electron chi connectivity index (χ4n) is 2.83. The zero-order valence-corrected chi connectivity index (χ0v) is 15.2. The number of carbonyl (C=O) groups is 1. The first-order valence-corrected chi connectivity index (χ1v) is 9.48. The molecule has 1 amide bonds. The molecule has 1 saturated heterocycles. The van der Waals surface area contributed by atoms with Crippen LogP contribution in [0.1, 0.15) is 24.0 Å². The number of carbonyl (C=O) groups excluding carboxylic acids is 1. The molecule has 130 valence electrons. The molecule has 0 atom stereocenters. The second kappa shape index (κ2) is 8.13. The average Bonchev–Trinajstić information content (AvgIpc) is 2.49. The van der Waals surface area contributed by atoms with Crippen molar-refractivity contribution >= 4 is 28.2 Å². The molecule has 0 bridgehead atoms. The van der Waals surface area contributed by atoms with Crippen molar-refractivity contribution < 1.29 is 13.2 Å². The van der Waals surface area contributed by atoms with Gasteiger partial charge in [0.25, 0.3) is 0 Å². The van der Waals surface area contributed by atoms with Crippen LogP contribution in [0.25, 0.3) is 0 Å². The summed E-state index contributed by atoms with van der Waals surface area (Å²) in [6.07, 6.45) is 2.53. The van der Waals surface area contributed by atoms with Crippen LogP contribution in [0.3, 0.4) is 0 Å². The van der Waals surface area contributed by atoms with Crippen molar-refractivity contribution in [3.05, 3.63) is 35.4 Å². The van der Waals surface area contributed by atoms with Crippen molar-refractivity contribution in [2.45, 2.75) is 30.9 Å².